The van der Waals surface area contributed by atoms with Gasteiger partial charge in [-0.2, -0.15) is 0 Å². The number of hydrogen-bond acceptors (Lipinski definition) is 3. The van der Waals surface area contributed by atoms with Crippen molar-refractivity contribution < 1.29 is 9.53 Å². The maximum absolute atomic E-state index is 11.3. The van der Waals surface area contributed by atoms with Crippen molar-refractivity contribution in [1.29, 1.82) is 0 Å². The minimum absolute atomic E-state index is 0.244. The van der Waals surface area contributed by atoms with Crippen molar-refractivity contribution in [2.75, 3.05) is 6.61 Å². The Morgan fingerprint density at radius 1 is 1.33 bits per heavy atom. The summed E-state index contributed by atoms with van der Waals surface area (Å²) in [4.78, 5) is 11.3. The first-order valence-electron chi connectivity index (χ1n) is 5.33. The van der Waals surface area contributed by atoms with E-state index < -0.39 is 5.54 Å². The molecule has 0 rings (SSSR count). The van der Waals surface area contributed by atoms with E-state index in [0.717, 1.165) is 0 Å². The zero-order valence-corrected chi connectivity index (χ0v) is 10.5. The van der Waals surface area contributed by atoms with Gasteiger partial charge in [-0.15, -0.1) is 0 Å². The predicted octanol–water partition coefficient (Wildman–Crippen LogP) is 2.12. The predicted molar refractivity (Wildman–Crippen MR) is 62.4 cm³/mol. The van der Waals surface area contributed by atoms with E-state index in [1.54, 1.807) is 6.92 Å². The van der Waals surface area contributed by atoms with E-state index in [4.69, 9.17) is 10.5 Å². The summed E-state index contributed by atoms with van der Waals surface area (Å²) >= 11 is 0. The number of esters is 1. The number of ether oxygens (including phenoxy) is 1. The molecule has 3 nitrogen and oxygen atoms in total. The number of hydrogen-bond donors (Lipinski definition) is 1. The van der Waals surface area contributed by atoms with E-state index in [0.29, 0.717) is 5.57 Å². The fourth-order valence-electron chi connectivity index (χ4n) is 1.31. The highest BCUT2D eigenvalue weighted by Gasteiger charge is 2.34. The van der Waals surface area contributed by atoms with Gasteiger partial charge in [0.2, 0.25) is 0 Å². The van der Waals surface area contributed by atoms with Crippen LogP contribution < -0.4 is 5.73 Å². The van der Waals surface area contributed by atoms with E-state index in [-0.39, 0.29) is 24.4 Å². The first-order chi connectivity index (χ1) is 6.71. The highest BCUT2D eigenvalue weighted by Crippen LogP contribution is 2.23. The molecule has 15 heavy (non-hydrogen) atoms. The Bertz CT molecular complexity index is 236. The van der Waals surface area contributed by atoms with Crippen molar-refractivity contribution in [1.82, 2.24) is 0 Å². The van der Waals surface area contributed by atoms with Crippen molar-refractivity contribution >= 4 is 5.97 Å². The number of carbonyl (C=O) groups is 1. The second-order valence-electron chi connectivity index (χ2n) is 4.78. The molecule has 0 aromatic heterocycles. The molecule has 0 unspecified atom stereocenters. The fraction of sp³-hybridized carbons (Fsp3) is 0.750. The molecule has 0 aliphatic carbocycles. The van der Waals surface area contributed by atoms with E-state index in [1.165, 1.54) is 0 Å². The van der Waals surface area contributed by atoms with E-state index >= 15 is 0 Å². The van der Waals surface area contributed by atoms with Crippen LogP contribution in [0.2, 0.25) is 0 Å². The van der Waals surface area contributed by atoms with Crippen LogP contribution in [0.5, 0.6) is 0 Å². The fourth-order valence-corrected chi connectivity index (χ4v) is 1.31. The van der Waals surface area contributed by atoms with Gasteiger partial charge in [-0.05, 0) is 18.8 Å². The van der Waals surface area contributed by atoms with Crippen LogP contribution in [0.1, 0.15) is 34.6 Å². The zero-order valence-electron chi connectivity index (χ0n) is 10.5. The van der Waals surface area contributed by atoms with Gasteiger partial charge in [-0.1, -0.05) is 34.3 Å². The van der Waals surface area contributed by atoms with Crippen molar-refractivity contribution in [3.63, 3.8) is 0 Å². The molecule has 0 aliphatic rings. The molecule has 2 N–H and O–H groups in total. The summed E-state index contributed by atoms with van der Waals surface area (Å²) < 4.78 is 5.13. The number of nitrogens with two attached hydrogens (primary N) is 1. The van der Waals surface area contributed by atoms with Gasteiger partial charge in [0.05, 0.1) is 5.54 Å². The Morgan fingerprint density at radius 3 is 2.00 bits per heavy atom. The number of carbonyl (C=O) groups excluding carboxylic acids is 1. The molecule has 0 amide bonds. The molecule has 0 aromatic rings. The standard InChI is InChI=1S/C12H23NO2/c1-8(2)11(14)15-7-12(13,9(3)4)10(5)6/h9-10H,1,7,13H2,2-6H3. The molecule has 0 saturated carbocycles. The van der Waals surface area contributed by atoms with Gasteiger partial charge < -0.3 is 10.5 Å². The molecule has 0 radical (unpaired) electrons. The molecule has 0 bridgehead atoms. The van der Waals surface area contributed by atoms with Crippen LogP contribution in [-0.4, -0.2) is 18.1 Å². The molecule has 0 aromatic carbocycles. The summed E-state index contributed by atoms with van der Waals surface area (Å²) in [6.07, 6.45) is 0. The Morgan fingerprint density at radius 2 is 1.73 bits per heavy atom. The van der Waals surface area contributed by atoms with Crippen molar-refractivity contribution in [2.45, 2.75) is 40.2 Å². The molecule has 88 valence electrons. The quantitative estimate of drug-likeness (QED) is 0.562. The molecule has 0 heterocycles. The van der Waals surface area contributed by atoms with Crippen LogP contribution in [0.15, 0.2) is 12.2 Å². The van der Waals surface area contributed by atoms with Gasteiger partial charge >= 0.3 is 5.97 Å². The lowest BCUT2D eigenvalue weighted by Crippen LogP contribution is -2.54. The summed E-state index contributed by atoms with van der Waals surface area (Å²) in [6, 6.07) is 0. The monoisotopic (exact) mass is 213 g/mol. The Labute approximate surface area is 92.7 Å². The Kier molecular flexibility index (Phi) is 5.01. The lowest BCUT2D eigenvalue weighted by Gasteiger charge is -2.36. The third-order valence-electron chi connectivity index (χ3n) is 2.95. The average molecular weight is 213 g/mol. The van der Waals surface area contributed by atoms with E-state index in [2.05, 4.69) is 6.58 Å². The van der Waals surface area contributed by atoms with Gasteiger partial charge in [0.15, 0.2) is 0 Å². The van der Waals surface area contributed by atoms with Gasteiger partial charge in [-0.25, -0.2) is 4.79 Å². The van der Waals surface area contributed by atoms with Crippen LogP contribution in [0.4, 0.5) is 0 Å². The highest BCUT2D eigenvalue weighted by molar-refractivity contribution is 5.86. The minimum atomic E-state index is -0.467. The average Bonchev–Trinajstić information content (AvgIpc) is 2.12. The van der Waals surface area contributed by atoms with E-state index in [9.17, 15) is 4.79 Å². The third-order valence-corrected chi connectivity index (χ3v) is 2.95. The van der Waals surface area contributed by atoms with Crippen LogP contribution in [-0.2, 0) is 9.53 Å². The molecular weight excluding hydrogens is 190 g/mol. The second kappa shape index (κ2) is 5.31. The van der Waals surface area contributed by atoms with Crippen LogP contribution in [0.25, 0.3) is 0 Å². The van der Waals surface area contributed by atoms with E-state index in [1.807, 2.05) is 27.7 Å². The summed E-state index contributed by atoms with van der Waals surface area (Å²) in [7, 11) is 0. The maximum atomic E-state index is 11.3. The van der Waals surface area contributed by atoms with Crippen molar-refractivity contribution in [2.24, 2.45) is 17.6 Å². The number of rotatable bonds is 5. The molecule has 0 atom stereocenters. The molecular formula is C12H23NO2. The summed E-state index contributed by atoms with van der Waals surface area (Å²) in [5.41, 5.74) is 6.17. The zero-order chi connectivity index (χ0) is 12.2. The van der Waals surface area contributed by atoms with Crippen molar-refractivity contribution in [3.8, 4) is 0 Å². The Balaban J connectivity index is 4.45. The second-order valence-corrected chi connectivity index (χ2v) is 4.78. The SMILES string of the molecule is C=C(C)C(=O)OCC(N)(C(C)C)C(C)C. The highest BCUT2D eigenvalue weighted by atomic mass is 16.5. The third kappa shape index (κ3) is 3.67. The first kappa shape index (κ1) is 14.2. The van der Waals surface area contributed by atoms with Gasteiger partial charge in [0.1, 0.15) is 6.61 Å². The molecule has 0 spiro atoms. The smallest absolute Gasteiger partial charge is 0.333 e. The normalized spacial score (nSPS) is 12.0. The summed E-state index contributed by atoms with van der Waals surface area (Å²) in [5, 5.41) is 0. The first-order valence-corrected chi connectivity index (χ1v) is 5.33. The largest absolute Gasteiger partial charge is 0.460 e. The lowest BCUT2D eigenvalue weighted by atomic mass is 9.78. The topological polar surface area (TPSA) is 52.3 Å². The van der Waals surface area contributed by atoms with Crippen LogP contribution in [0, 0.1) is 11.8 Å². The minimum Gasteiger partial charge on any atom is -0.460 e. The maximum Gasteiger partial charge on any atom is 0.333 e. The Hall–Kier alpha value is -0.830. The van der Waals surface area contributed by atoms with Crippen LogP contribution >= 0.6 is 0 Å². The van der Waals surface area contributed by atoms with Crippen LogP contribution in [0.3, 0.4) is 0 Å². The van der Waals surface area contributed by atoms with Crippen molar-refractivity contribution in [3.05, 3.63) is 12.2 Å². The summed E-state index contributed by atoms with van der Waals surface area (Å²) in [5.74, 6) is 0.150. The molecule has 3 heteroatoms. The lowest BCUT2D eigenvalue weighted by molar-refractivity contribution is -0.142. The van der Waals surface area contributed by atoms with Gasteiger partial charge in [-0.3, -0.25) is 0 Å². The van der Waals surface area contributed by atoms with Gasteiger partial charge in [0, 0.05) is 5.57 Å². The summed E-state index contributed by atoms with van der Waals surface area (Å²) in [6.45, 7) is 13.5. The molecule has 0 aliphatic heterocycles. The molecule has 0 saturated heterocycles. The molecule has 0 fully saturated rings. The van der Waals surface area contributed by atoms with Gasteiger partial charge in [0.25, 0.3) is 0 Å².